The van der Waals surface area contributed by atoms with Crippen LogP contribution in [0.5, 0.6) is 5.75 Å². The molecule has 0 radical (unpaired) electrons. The molecule has 1 aliphatic rings. The van der Waals surface area contributed by atoms with Crippen molar-refractivity contribution < 1.29 is 13.9 Å². The van der Waals surface area contributed by atoms with Crippen molar-refractivity contribution in [2.45, 2.75) is 19.4 Å². The highest BCUT2D eigenvalue weighted by atomic mass is 19.1. The summed E-state index contributed by atoms with van der Waals surface area (Å²) in [5.74, 6) is 5.07. The molecule has 0 aromatic carbocycles. The second kappa shape index (κ2) is 5.32. The van der Waals surface area contributed by atoms with Gasteiger partial charge in [0.1, 0.15) is 5.82 Å². The van der Waals surface area contributed by atoms with Gasteiger partial charge in [0.15, 0.2) is 28.8 Å². The number of ether oxygens (including phenoxy) is 1. The number of carbonyl (C=O) groups excluding carboxylic acids is 1. The molecule has 120 valence electrons. The van der Waals surface area contributed by atoms with Crippen molar-refractivity contribution in [3.8, 4) is 5.75 Å². The SMILES string of the molecule is CC1(C)Oc2ccc(Nc3nc(NN)ncc3F)nc2NC1=O. The molecule has 1 amide bonds. The molecule has 10 heteroatoms. The van der Waals surface area contributed by atoms with E-state index < -0.39 is 11.4 Å². The summed E-state index contributed by atoms with van der Waals surface area (Å²) in [6.07, 6.45) is 0.969. The molecule has 0 aliphatic carbocycles. The molecule has 2 aromatic rings. The van der Waals surface area contributed by atoms with Crippen molar-refractivity contribution in [2.24, 2.45) is 5.84 Å². The van der Waals surface area contributed by atoms with E-state index >= 15 is 0 Å². The first-order chi connectivity index (χ1) is 10.9. The van der Waals surface area contributed by atoms with Gasteiger partial charge in [0.25, 0.3) is 5.91 Å². The fourth-order valence-electron chi connectivity index (χ4n) is 1.91. The number of rotatable bonds is 3. The number of nitrogens with one attached hydrogen (secondary N) is 3. The second-order valence-corrected chi connectivity index (χ2v) is 5.27. The first kappa shape index (κ1) is 14.9. The molecular weight excluding hydrogens is 305 g/mol. The lowest BCUT2D eigenvalue weighted by Crippen LogP contribution is -2.46. The second-order valence-electron chi connectivity index (χ2n) is 5.27. The van der Waals surface area contributed by atoms with E-state index in [0.717, 1.165) is 6.20 Å². The number of anilines is 4. The van der Waals surface area contributed by atoms with Crippen molar-refractivity contribution in [2.75, 3.05) is 16.1 Å². The molecule has 0 unspecified atom stereocenters. The van der Waals surface area contributed by atoms with Gasteiger partial charge in [0, 0.05) is 0 Å². The Kier molecular flexibility index (Phi) is 3.45. The van der Waals surface area contributed by atoms with Crippen LogP contribution in [0.15, 0.2) is 18.3 Å². The van der Waals surface area contributed by atoms with Crippen LogP contribution in [0.3, 0.4) is 0 Å². The van der Waals surface area contributed by atoms with E-state index in [0.29, 0.717) is 5.75 Å². The van der Waals surface area contributed by atoms with Crippen molar-refractivity contribution in [1.29, 1.82) is 0 Å². The third-order valence-electron chi connectivity index (χ3n) is 3.12. The van der Waals surface area contributed by atoms with E-state index in [2.05, 4.69) is 31.0 Å². The number of hydrogen-bond acceptors (Lipinski definition) is 8. The summed E-state index contributed by atoms with van der Waals surface area (Å²) in [6, 6.07) is 3.19. The predicted molar refractivity (Wildman–Crippen MR) is 80.7 cm³/mol. The maximum absolute atomic E-state index is 13.7. The minimum absolute atomic E-state index is 0.0465. The van der Waals surface area contributed by atoms with Gasteiger partial charge < -0.3 is 15.4 Å². The molecule has 0 bridgehead atoms. The Morgan fingerprint density at radius 2 is 2.13 bits per heavy atom. The average molecular weight is 319 g/mol. The summed E-state index contributed by atoms with van der Waals surface area (Å²) >= 11 is 0. The number of hydrazine groups is 1. The summed E-state index contributed by atoms with van der Waals surface area (Å²) in [6.45, 7) is 3.30. The smallest absolute Gasteiger partial charge is 0.269 e. The molecule has 1 aliphatic heterocycles. The summed E-state index contributed by atoms with van der Waals surface area (Å²) in [5.41, 5.74) is 1.24. The van der Waals surface area contributed by atoms with E-state index in [9.17, 15) is 9.18 Å². The van der Waals surface area contributed by atoms with Gasteiger partial charge in [-0.05, 0) is 26.0 Å². The Morgan fingerprint density at radius 3 is 2.87 bits per heavy atom. The molecule has 5 N–H and O–H groups in total. The normalized spacial score (nSPS) is 15.2. The Hall–Kier alpha value is -3.01. The highest BCUT2D eigenvalue weighted by Crippen LogP contribution is 2.33. The minimum Gasteiger partial charge on any atom is -0.474 e. The van der Waals surface area contributed by atoms with Crippen LogP contribution in [0.4, 0.5) is 27.8 Å². The highest BCUT2D eigenvalue weighted by molar-refractivity contribution is 5.99. The molecule has 9 nitrogen and oxygen atoms in total. The quantitative estimate of drug-likeness (QED) is 0.490. The number of nitrogen functional groups attached to an aromatic ring is 1. The van der Waals surface area contributed by atoms with Gasteiger partial charge in [-0.1, -0.05) is 0 Å². The Labute approximate surface area is 130 Å². The van der Waals surface area contributed by atoms with Crippen molar-refractivity contribution >= 4 is 29.3 Å². The van der Waals surface area contributed by atoms with Crippen LogP contribution in [0, 0.1) is 5.82 Å². The van der Waals surface area contributed by atoms with Crippen LogP contribution >= 0.6 is 0 Å². The third-order valence-corrected chi connectivity index (χ3v) is 3.12. The monoisotopic (exact) mass is 319 g/mol. The number of fused-ring (bicyclic) bond motifs is 1. The summed E-state index contributed by atoms with van der Waals surface area (Å²) < 4.78 is 19.3. The summed E-state index contributed by atoms with van der Waals surface area (Å²) in [4.78, 5) is 23.5. The van der Waals surface area contributed by atoms with E-state index in [1.54, 1.807) is 26.0 Å². The molecule has 3 rings (SSSR count). The molecule has 3 heterocycles. The molecular formula is C13H14FN7O2. The Bertz CT molecular complexity index is 781. The van der Waals surface area contributed by atoms with Gasteiger partial charge in [-0.15, -0.1) is 0 Å². The number of pyridine rings is 1. The fourth-order valence-corrected chi connectivity index (χ4v) is 1.91. The van der Waals surface area contributed by atoms with E-state index in [-0.39, 0.29) is 29.3 Å². The van der Waals surface area contributed by atoms with Gasteiger partial charge in [0.05, 0.1) is 6.20 Å². The highest BCUT2D eigenvalue weighted by Gasteiger charge is 2.36. The number of halogens is 1. The van der Waals surface area contributed by atoms with Gasteiger partial charge in [-0.25, -0.2) is 20.2 Å². The fraction of sp³-hybridized carbons (Fsp3) is 0.231. The van der Waals surface area contributed by atoms with Gasteiger partial charge in [0.2, 0.25) is 5.95 Å². The van der Waals surface area contributed by atoms with Crippen molar-refractivity contribution in [1.82, 2.24) is 15.0 Å². The minimum atomic E-state index is -0.982. The maximum Gasteiger partial charge on any atom is 0.269 e. The van der Waals surface area contributed by atoms with E-state index in [1.807, 2.05) is 0 Å². The third kappa shape index (κ3) is 2.83. The van der Waals surface area contributed by atoms with E-state index in [4.69, 9.17) is 10.6 Å². The lowest BCUT2D eigenvalue weighted by Gasteiger charge is -2.30. The molecule has 23 heavy (non-hydrogen) atoms. The Morgan fingerprint density at radius 1 is 1.35 bits per heavy atom. The summed E-state index contributed by atoms with van der Waals surface area (Å²) in [7, 11) is 0. The van der Waals surface area contributed by atoms with Gasteiger partial charge in [-0.3, -0.25) is 10.2 Å². The molecule has 2 aromatic heterocycles. The molecule has 0 atom stereocenters. The number of nitrogens with two attached hydrogens (primary N) is 1. The molecule has 0 saturated carbocycles. The van der Waals surface area contributed by atoms with Crippen molar-refractivity contribution in [3.63, 3.8) is 0 Å². The van der Waals surface area contributed by atoms with Crippen LogP contribution in [0.25, 0.3) is 0 Å². The lowest BCUT2D eigenvalue weighted by atomic mass is 10.1. The van der Waals surface area contributed by atoms with Crippen LogP contribution in [0.2, 0.25) is 0 Å². The first-order valence-electron chi connectivity index (χ1n) is 6.67. The first-order valence-corrected chi connectivity index (χ1v) is 6.67. The predicted octanol–water partition coefficient (Wildman–Crippen LogP) is 1.15. The van der Waals surface area contributed by atoms with E-state index in [1.165, 1.54) is 0 Å². The topological polar surface area (TPSA) is 127 Å². The number of amides is 1. The number of aromatic nitrogens is 3. The van der Waals surface area contributed by atoms with Gasteiger partial charge in [-0.2, -0.15) is 4.98 Å². The standard InChI is InChI=1S/C13H14FN7O2/c1-13(2)11(22)19-10-7(23-13)3-4-8(18-10)17-9-6(14)5-16-12(20-9)21-15/h3-5H,15H2,1-2H3,(H3,16,17,18,19,20,21,22). The van der Waals surface area contributed by atoms with Gasteiger partial charge >= 0.3 is 0 Å². The molecule has 0 saturated heterocycles. The number of carbonyl (C=O) groups is 1. The van der Waals surface area contributed by atoms with Crippen LogP contribution in [0.1, 0.15) is 13.8 Å². The number of hydrogen-bond donors (Lipinski definition) is 4. The van der Waals surface area contributed by atoms with Crippen molar-refractivity contribution in [3.05, 3.63) is 24.1 Å². The van der Waals surface area contributed by atoms with Crippen LogP contribution in [-0.2, 0) is 4.79 Å². The summed E-state index contributed by atoms with van der Waals surface area (Å²) in [5, 5.41) is 5.33. The number of nitrogens with zero attached hydrogens (tertiary/aromatic N) is 3. The zero-order valence-electron chi connectivity index (χ0n) is 12.3. The zero-order chi connectivity index (χ0) is 16.6. The largest absolute Gasteiger partial charge is 0.474 e. The van der Waals surface area contributed by atoms with Crippen LogP contribution < -0.4 is 26.6 Å². The zero-order valence-corrected chi connectivity index (χ0v) is 12.3. The molecule has 0 spiro atoms. The lowest BCUT2D eigenvalue weighted by molar-refractivity contribution is -0.129. The Balaban J connectivity index is 1.89. The van der Waals surface area contributed by atoms with Crippen LogP contribution in [-0.4, -0.2) is 26.5 Å². The average Bonchev–Trinajstić information content (AvgIpc) is 2.51. The molecule has 0 fully saturated rings. The maximum atomic E-state index is 13.7.